The molecular formula is C25H27NO3S. The van der Waals surface area contributed by atoms with Crippen LogP contribution in [0.4, 0.5) is 0 Å². The summed E-state index contributed by atoms with van der Waals surface area (Å²) in [7, 11) is 0. The van der Waals surface area contributed by atoms with E-state index in [0.717, 1.165) is 36.3 Å². The number of carboxylic acid groups (broad SMARTS) is 1. The molecule has 2 atom stereocenters. The Bertz CT molecular complexity index is 985. The van der Waals surface area contributed by atoms with Crippen molar-refractivity contribution in [3.63, 3.8) is 0 Å². The smallest absolute Gasteiger partial charge is 0.307 e. The van der Waals surface area contributed by atoms with Crippen LogP contribution in [0.1, 0.15) is 40.5 Å². The van der Waals surface area contributed by atoms with Crippen LogP contribution in [-0.4, -0.2) is 29.1 Å². The highest BCUT2D eigenvalue weighted by Gasteiger charge is 2.32. The minimum absolute atomic E-state index is 0.0473. The van der Waals surface area contributed by atoms with Gasteiger partial charge in [0.2, 0.25) is 0 Å². The summed E-state index contributed by atoms with van der Waals surface area (Å²) in [6, 6.07) is 20.7. The molecule has 0 spiro atoms. The number of hydrogen-bond donors (Lipinski definition) is 1. The summed E-state index contributed by atoms with van der Waals surface area (Å²) in [6.07, 6.45) is 1.66. The van der Waals surface area contributed by atoms with E-state index in [9.17, 15) is 9.90 Å². The van der Waals surface area contributed by atoms with E-state index >= 15 is 0 Å². The van der Waals surface area contributed by atoms with Gasteiger partial charge in [-0.2, -0.15) is 0 Å². The summed E-state index contributed by atoms with van der Waals surface area (Å²) in [4.78, 5) is 15.2. The molecular weight excluding hydrogens is 394 g/mol. The third-order valence-corrected chi connectivity index (χ3v) is 6.71. The van der Waals surface area contributed by atoms with Crippen molar-refractivity contribution in [1.29, 1.82) is 0 Å². The number of nitrogens with zero attached hydrogens (tertiary/aromatic N) is 1. The maximum Gasteiger partial charge on any atom is 0.307 e. The maximum atomic E-state index is 11.6. The summed E-state index contributed by atoms with van der Waals surface area (Å²) in [5.74, 6) is -0.165. The van der Waals surface area contributed by atoms with E-state index in [2.05, 4.69) is 47.5 Å². The second-order valence-corrected chi connectivity index (χ2v) is 8.89. The quantitative estimate of drug-likeness (QED) is 0.546. The topological polar surface area (TPSA) is 49.8 Å². The van der Waals surface area contributed by atoms with Gasteiger partial charge < -0.3 is 9.84 Å². The molecule has 4 nitrogen and oxygen atoms in total. The molecule has 156 valence electrons. The van der Waals surface area contributed by atoms with Gasteiger partial charge in [-0.25, -0.2) is 0 Å². The zero-order valence-corrected chi connectivity index (χ0v) is 18.0. The molecule has 0 radical (unpaired) electrons. The van der Waals surface area contributed by atoms with Crippen molar-refractivity contribution in [2.45, 2.75) is 32.4 Å². The molecule has 1 aliphatic rings. The molecule has 4 rings (SSSR count). The van der Waals surface area contributed by atoms with Crippen LogP contribution in [0.3, 0.4) is 0 Å². The number of piperidine rings is 1. The lowest BCUT2D eigenvalue weighted by molar-refractivity contribution is -0.143. The normalized spacial score (nSPS) is 18.1. The predicted molar refractivity (Wildman–Crippen MR) is 120 cm³/mol. The first-order valence-electron chi connectivity index (χ1n) is 10.4. The Balaban J connectivity index is 1.60. The number of carbonyl (C=O) groups is 1. The highest BCUT2D eigenvalue weighted by atomic mass is 32.1. The molecule has 3 aromatic rings. The number of ether oxygens (including phenoxy) is 1. The van der Waals surface area contributed by atoms with Crippen molar-refractivity contribution >= 4 is 17.3 Å². The molecule has 2 aromatic carbocycles. The van der Waals surface area contributed by atoms with E-state index in [1.54, 1.807) is 11.3 Å². The molecule has 1 aromatic heterocycles. The summed E-state index contributed by atoms with van der Waals surface area (Å²) in [5.41, 5.74) is 3.52. The number of carboxylic acids is 1. The highest BCUT2D eigenvalue weighted by Crippen LogP contribution is 2.37. The third kappa shape index (κ3) is 4.91. The number of thiophene rings is 1. The van der Waals surface area contributed by atoms with Gasteiger partial charge in [0, 0.05) is 11.4 Å². The highest BCUT2D eigenvalue weighted by molar-refractivity contribution is 7.10. The first kappa shape index (κ1) is 20.6. The molecule has 0 aliphatic carbocycles. The molecule has 1 fully saturated rings. The molecule has 1 N–H and O–H groups in total. The number of hydrogen-bond acceptors (Lipinski definition) is 4. The van der Waals surface area contributed by atoms with Crippen molar-refractivity contribution in [3.05, 3.63) is 87.6 Å². The first-order chi connectivity index (χ1) is 14.6. The summed E-state index contributed by atoms with van der Waals surface area (Å²) < 4.78 is 6.06. The third-order valence-electron chi connectivity index (χ3n) is 5.61. The van der Waals surface area contributed by atoms with Gasteiger partial charge in [-0.1, -0.05) is 42.5 Å². The molecule has 1 aliphatic heterocycles. The molecule has 2 heterocycles. The standard InChI is InChI=1S/C25H27NO3S/c1-18-13-23(30-17-18)24(26-12-6-10-21(15-26)25(27)28)20-9-5-11-22(14-20)29-16-19-7-3-2-4-8-19/h2-5,7-9,11,13-14,17,21,24H,6,10,12,15-16H2,1H3,(H,27,28). The van der Waals surface area contributed by atoms with Crippen molar-refractivity contribution in [3.8, 4) is 5.75 Å². The molecule has 0 amide bonds. The zero-order chi connectivity index (χ0) is 20.9. The molecule has 0 bridgehead atoms. The lowest BCUT2D eigenvalue weighted by Crippen LogP contribution is -2.41. The second-order valence-electron chi connectivity index (χ2n) is 7.95. The Kier molecular flexibility index (Phi) is 6.50. The van der Waals surface area contributed by atoms with Crippen LogP contribution in [0.15, 0.2) is 66.0 Å². The Morgan fingerprint density at radius 3 is 2.77 bits per heavy atom. The molecule has 5 heteroatoms. The molecule has 0 saturated carbocycles. The zero-order valence-electron chi connectivity index (χ0n) is 17.2. The van der Waals surface area contributed by atoms with Crippen molar-refractivity contribution in [2.75, 3.05) is 13.1 Å². The van der Waals surface area contributed by atoms with Gasteiger partial charge in [0.25, 0.3) is 0 Å². The summed E-state index contributed by atoms with van der Waals surface area (Å²) in [5, 5.41) is 11.7. The minimum atomic E-state index is -0.694. The average Bonchev–Trinajstić information content (AvgIpc) is 3.19. The molecule has 2 unspecified atom stereocenters. The van der Waals surface area contributed by atoms with E-state index in [1.165, 1.54) is 10.4 Å². The SMILES string of the molecule is Cc1csc(C(c2cccc(OCc3ccccc3)c2)N2CCCC(C(=O)O)C2)c1. The van der Waals surface area contributed by atoms with E-state index in [0.29, 0.717) is 13.2 Å². The van der Waals surface area contributed by atoms with Crippen LogP contribution in [-0.2, 0) is 11.4 Å². The fourth-order valence-corrected chi connectivity index (χ4v) is 5.17. The van der Waals surface area contributed by atoms with Crippen molar-refractivity contribution < 1.29 is 14.6 Å². The molecule has 1 saturated heterocycles. The van der Waals surface area contributed by atoms with E-state index < -0.39 is 5.97 Å². The predicted octanol–water partition coefficient (Wildman–Crippen LogP) is 5.52. The lowest BCUT2D eigenvalue weighted by atomic mass is 9.94. The second kappa shape index (κ2) is 9.45. The fourth-order valence-electron chi connectivity index (χ4n) is 4.11. The van der Waals surface area contributed by atoms with Crippen LogP contribution in [0.2, 0.25) is 0 Å². The average molecular weight is 422 g/mol. The fraction of sp³-hybridized carbons (Fsp3) is 0.320. The van der Waals surface area contributed by atoms with Gasteiger partial charge in [-0.15, -0.1) is 11.3 Å². The van der Waals surface area contributed by atoms with Crippen LogP contribution >= 0.6 is 11.3 Å². The van der Waals surface area contributed by atoms with Gasteiger partial charge in [0.15, 0.2) is 0 Å². The first-order valence-corrected chi connectivity index (χ1v) is 11.3. The van der Waals surface area contributed by atoms with Crippen molar-refractivity contribution in [2.24, 2.45) is 5.92 Å². The Hall–Kier alpha value is -2.63. The number of aliphatic carboxylic acids is 1. The van der Waals surface area contributed by atoms with Crippen LogP contribution in [0.25, 0.3) is 0 Å². The van der Waals surface area contributed by atoms with Gasteiger partial charge in [-0.05, 0) is 66.6 Å². The van der Waals surface area contributed by atoms with E-state index in [1.807, 2.05) is 30.3 Å². The molecule has 30 heavy (non-hydrogen) atoms. The van der Waals surface area contributed by atoms with Crippen molar-refractivity contribution in [1.82, 2.24) is 4.90 Å². The Morgan fingerprint density at radius 1 is 1.20 bits per heavy atom. The van der Waals surface area contributed by atoms with Crippen LogP contribution in [0, 0.1) is 12.8 Å². The number of likely N-dealkylation sites (tertiary alicyclic amines) is 1. The van der Waals surface area contributed by atoms with Gasteiger partial charge >= 0.3 is 5.97 Å². The van der Waals surface area contributed by atoms with Crippen LogP contribution in [0.5, 0.6) is 5.75 Å². The van der Waals surface area contributed by atoms with E-state index in [-0.39, 0.29) is 12.0 Å². The Labute approximate surface area is 181 Å². The summed E-state index contributed by atoms with van der Waals surface area (Å²) in [6.45, 7) is 4.11. The van der Waals surface area contributed by atoms with Gasteiger partial charge in [-0.3, -0.25) is 9.69 Å². The van der Waals surface area contributed by atoms with E-state index in [4.69, 9.17) is 4.74 Å². The Morgan fingerprint density at radius 2 is 2.03 bits per heavy atom. The number of benzene rings is 2. The number of rotatable bonds is 7. The lowest BCUT2D eigenvalue weighted by Gasteiger charge is -2.37. The maximum absolute atomic E-state index is 11.6. The van der Waals surface area contributed by atoms with Crippen LogP contribution < -0.4 is 4.74 Å². The largest absolute Gasteiger partial charge is 0.489 e. The van der Waals surface area contributed by atoms with Gasteiger partial charge in [0.05, 0.1) is 12.0 Å². The summed E-state index contributed by atoms with van der Waals surface area (Å²) >= 11 is 1.74. The monoisotopic (exact) mass is 421 g/mol. The number of aryl methyl sites for hydroxylation is 1. The minimum Gasteiger partial charge on any atom is -0.489 e. The van der Waals surface area contributed by atoms with Gasteiger partial charge in [0.1, 0.15) is 12.4 Å².